The molecule has 128 valence electrons. The summed E-state index contributed by atoms with van der Waals surface area (Å²) >= 11 is 1.69. The summed E-state index contributed by atoms with van der Waals surface area (Å²) < 4.78 is 1.89. The van der Waals surface area contributed by atoms with E-state index in [1.54, 1.807) is 28.8 Å². The van der Waals surface area contributed by atoms with Gasteiger partial charge >= 0.3 is 0 Å². The highest BCUT2D eigenvalue weighted by molar-refractivity contribution is 7.09. The fourth-order valence-corrected chi connectivity index (χ4v) is 3.65. The van der Waals surface area contributed by atoms with Gasteiger partial charge in [0.05, 0.1) is 25.1 Å². The molecular formula is C17H22N4O2S. The van der Waals surface area contributed by atoms with Gasteiger partial charge in [-0.05, 0) is 24.3 Å². The van der Waals surface area contributed by atoms with Crippen LogP contribution in [-0.4, -0.2) is 39.4 Å². The Morgan fingerprint density at radius 2 is 2.33 bits per heavy atom. The first kappa shape index (κ1) is 16.7. The van der Waals surface area contributed by atoms with Crippen LogP contribution in [0.25, 0.3) is 0 Å². The van der Waals surface area contributed by atoms with Gasteiger partial charge in [0.2, 0.25) is 11.8 Å². The van der Waals surface area contributed by atoms with Crippen molar-refractivity contribution < 1.29 is 9.59 Å². The van der Waals surface area contributed by atoms with Crippen molar-refractivity contribution in [3.63, 3.8) is 0 Å². The minimum atomic E-state index is -0.402. The Bertz CT molecular complexity index is 695. The topological polar surface area (TPSA) is 67.2 Å². The average molecular weight is 346 g/mol. The number of imidazole rings is 1. The summed E-state index contributed by atoms with van der Waals surface area (Å²) in [6, 6.07) is 3.68. The molecule has 2 aromatic rings. The number of fused-ring (bicyclic) bond motifs is 1. The molecule has 1 aliphatic heterocycles. The number of nitrogens with one attached hydrogen (secondary N) is 1. The molecule has 3 heterocycles. The van der Waals surface area contributed by atoms with Gasteiger partial charge in [-0.3, -0.25) is 9.59 Å². The number of thiophene rings is 1. The van der Waals surface area contributed by atoms with E-state index in [-0.39, 0.29) is 11.8 Å². The van der Waals surface area contributed by atoms with Gasteiger partial charge in [-0.25, -0.2) is 4.98 Å². The number of amides is 2. The summed E-state index contributed by atoms with van der Waals surface area (Å²) in [4.78, 5) is 32.0. The van der Waals surface area contributed by atoms with Crippen LogP contribution < -0.4 is 5.32 Å². The van der Waals surface area contributed by atoms with E-state index in [9.17, 15) is 9.59 Å². The van der Waals surface area contributed by atoms with Crippen molar-refractivity contribution in [1.29, 1.82) is 0 Å². The lowest BCUT2D eigenvalue weighted by Crippen LogP contribution is -2.46. The molecule has 0 saturated heterocycles. The van der Waals surface area contributed by atoms with E-state index < -0.39 is 6.04 Å². The Morgan fingerprint density at radius 1 is 1.46 bits per heavy atom. The Kier molecular flexibility index (Phi) is 5.30. The van der Waals surface area contributed by atoms with Gasteiger partial charge in [-0.1, -0.05) is 13.0 Å². The number of nitrogens with zero attached hydrogens (tertiary/aromatic N) is 3. The van der Waals surface area contributed by atoms with E-state index in [0.29, 0.717) is 26.1 Å². The van der Waals surface area contributed by atoms with Crippen molar-refractivity contribution in [2.75, 3.05) is 13.1 Å². The minimum absolute atomic E-state index is 0.0557. The summed E-state index contributed by atoms with van der Waals surface area (Å²) in [5.74, 6) is 0.0427. The van der Waals surface area contributed by atoms with Crippen molar-refractivity contribution in [2.45, 2.75) is 38.8 Å². The van der Waals surface area contributed by atoms with Crippen molar-refractivity contribution >= 4 is 23.2 Å². The molecule has 1 N–H and O–H groups in total. The van der Waals surface area contributed by atoms with E-state index in [1.165, 1.54) is 4.88 Å². The molecule has 0 aliphatic carbocycles. The maximum absolute atomic E-state index is 12.6. The third-order valence-corrected chi connectivity index (χ3v) is 5.13. The first-order valence-electron chi connectivity index (χ1n) is 8.27. The number of carbonyl (C=O) groups is 2. The number of hydrogen-bond donors (Lipinski definition) is 1. The molecular weight excluding hydrogens is 324 g/mol. The molecule has 0 bridgehead atoms. The summed E-state index contributed by atoms with van der Waals surface area (Å²) in [6.07, 6.45) is 5.57. The third kappa shape index (κ3) is 3.67. The van der Waals surface area contributed by atoms with Gasteiger partial charge in [-0.15, -0.1) is 11.3 Å². The molecule has 0 aromatic carbocycles. The summed E-state index contributed by atoms with van der Waals surface area (Å²) in [5.41, 5.74) is 0.907. The largest absolute Gasteiger partial charge is 0.354 e. The lowest BCUT2D eigenvalue weighted by Gasteiger charge is -2.33. The SMILES string of the molecule is CCCC(=O)N1Cc2cncn2[C@H](C(=O)NCCc2cccs2)C1. The third-order valence-electron chi connectivity index (χ3n) is 4.20. The lowest BCUT2D eigenvalue weighted by molar-refractivity contribution is -0.135. The predicted molar refractivity (Wildman–Crippen MR) is 92.6 cm³/mol. The lowest BCUT2D eigenvalue weighted by atomic mass is 10.1. The Morgan fingerprint density at radius 3 is 3.08 bits per heavy atom. The van der Waals surface area contributed by atoms with E-state index in [2.05, 4.69) is 16.4 Å². The van der Waals surface area contributed by atoms with Gasteiger partial charge in [0.25, 0.3) is 0 Å². The number of aromatic nitrogens is 2. The smallest absolute Gasteiger partial charge is 0.244 e. The molecule has 1 aliphatic rings. The van der Waals surface area contributed by atoms with Crippen LogP contribution in [0.4, 0.5) is 0 Å². The first-order valence-corrected chi connectivity index (χ1v) is 9.15. The van der Waals surface area contributed by atoms with Gasteiger partial charge in [0, 0.05) is 24.0 Å². The molecule has 0 unspecified atom stereocenters. The van der Waals surface area contributed by atoms with Crippen LogP contribution in [0.1, 0.15) is 36.4 Å². The molecule has 24 heavy (non-hydrogen) atoms. The van der Waals surface area contributed by atoms with Crippen molar-refractivity contribution in [2.24, 2.45) is 0 Å². The number of hydrogen-bond acceptors (Lipinski definition) is 4. The molecule has 0 radical (unpaired) electrons. The second-order valence-corrected chi connectivity index (χ2v) is 6.98. The Hall–Kier alpha value is -2.15. The number of carbonyl (C=O) groups excluding carboxylic acids is 2. The molecule has 1 atom stereocenters. The van der Waals surface area contributed by atoms with E-state index in [4.69, 9.17) is 0 Å². The summed E-state index contributed by atoms with van der Waals surface area (Å²) in [6.45, 7) is 3.52. The quantitative estimate of drug-likeness (QED) is 0.870. The van der Waals surface area contributed by atoms with Gasteiger partial charge in [0.1, 0.15) is 6.04 Å². The number of rotatable bonds is 6. The normalized spacial score (nSPS) is 16.7. The zero-order valence-electron chi connectivity index (χ0n) is 13.8. The fourth-order valence-electron chi connectivity index (χ4n) is 2.94. The molecule has 7 heteroatoms. The van der Waals surface area contributed by atoms with Crippen LogP contribution in [-0.2, 0) is 22.6 Å². The van der Waals surface area contributed by atoms with Gasteiger partial charge < -0.3 is 14.8 Å². The molecule has 3 rings (SSSR count). The van der Waals surface area contributed by atoms with Crippen LogP contribution >= 0.6 is 11.3 Å². The van der Waals surface area contributed by atoms with Gasteiger partial charge in [-0.2, -0.15) is 0 Å². The van der Waals surface area contributed by atoms with Crippen LogP contribution in [0.15, 0.2) is 30.0 Å². The van der Waals surface area contributed by atoms with Crippen LogP contribution in [0.5, 0.6) is 0 Å². The van der Waals surface area contributed by atoms with Crippen LogP contribution in [0.2, 0.25) is 0 Å². The minimum Gasteiger partial charge on any atom is -0.354 e. The zero-order valence-corrected chi connectivity index (χ0v) is 14.6. The van der Waals surface area contributed by atoms with Crippen molar-refractivity contribution in [3.05, 3.63) is 40.6 Å². The fraction of sp³-hybridized carbons (Fsp3) is 0.471. The molecule has 0 saturated carbocycles. The average Bonchev–Trinajstić information content (AvgIpc) is 3.25. The second kappa shape index (κ2) is 7.61. The molecule has 0 fully saturated rings. The molecule has 6 nitrogen and oxygen atoms in total. The Balaban J connectivity index is 1.64. The van der Waals surface area contributed by atoms with E-state index in [0.717, 1.165) is 18.5 Å². The highest BCUT2D eigenvalue weighted by Crippen LogP contribution is 2.22. The maximum atomic E-state index is 12.6. The predicted octanol–water partition coefficient (Wildman–Crippen LogP) is 1.99. The van der Waals surface area contributed by atoms with Crippen LogP contribution in [0.3, 0.4) is 0 Å². The molecule has 0 spiro atoms. The van der Waals surface area contributed by atoms with Gasteiger partial charge in [0.15, 0.2) is 0 Å². The first-order chi connectivity index (χ1) is 11.7. The summed E-state index contributed by atoms with van der Waals surface area (Å²) in [5, 5.41) is 5.03. The van der Waals surface area contributed by atoms with Crippen molar-refractivity contribution in [3.8, 4) is 0 Å². The second-order valence-electron chi connectivity index (χ2n) is 5.95. The van der Waals surface area contributed by atoms with Crippen molar-refractivity contribution in [1.82, 2.24) is 19.8 Å². The highest BCUT2D eigenvalue weighted by Gasteiger charge is 2.31. The van der Waals surface area contributed by atoms with Crippen LogP contribution in [0, 0.1) is 0 Å². The highest BCUT2D eigenvalue weighted by atomic mass is 32.1. The standard InChI is InChI=1S/C17H22N4O2S/c1-2-4-16(22)20-10-13-9-18-12-21(13)15(11-20)17(23)19-7-6-14-5-3-8-24-14/h3,5,8-9,12,15H,2,4,6-7,10-11H2,1H3,(H,19,23)/t15-/m0/s1. The summed E-state index contributed by atoms with van der Waals surface area (Å²) in [7, 11) is 0. The van der Waals surface area contributed by atoms with E-state index >= 15 is 0 Å². The van der Waals surface area contributed by atoms with E-state index in [1.807, 2.05) is 22.9 Å². The maximum Gasteiger partial charge on any atom is 0.244 e. The monoisotopic (exact) mass is 346 g/mol. The molecule has 2 amide bonds. The molecule has 2 aromatic heterocycles. The Labute approximate surface area is 145 Å². The zero-order chi connectivity index (χ0) is 16.9.